The number of methoxy groups -OCH3 is 1. The van der Waals surface area contributed by atoms with Crippen molar-refractivity contribution in [3.05, 3.63) is 40.2 Å². The number of hydrogen-bond acceptors (Lipinski definition) is 6. The van der Waals surface area contributed by atoms with E-state index in [1.807, 2.05) is 41.5 Å². The van der Waals surface area contributed by atoms with Crippen molar-refractivity contribution in [2.75, 3.05) is 13.7 Å². The Morgan fingerprint density at radius 3 is 2.34 bits per heavy atom. The number of carbonyl (C=O) groups is 2. The van der Waals surface area contributed by atoms with Crippen LogP contribution in [0.5, 0.6) is 5.75 Å². The molecule has 1 atom stereocenters. The van der Waals surface area contributed by atoms with E-state index in [9.17, 15) is 14.4 Å². The molecule has 1 aromatic carbocycles. The van der Waals surface area contributed by atoms with Crippen molar-refractivity contribution in [1.29, 1.82) is 0 Å². The van der Waals surface area contributed by atoms with Crippen LogP contribution in [-0.4, -0.2) is 36.9 Å². The minimum Gasteiger partial charge on any atom is -0.497 e. The van der Waals surface area contributed by atoms with Gasteiger partial charge in [-0.15, -0.1) is 0 Å². The first kappa shape index (κ1) is 25.6. The van der Waals surface area contributed by atoms with Crippen molar-refractivity contribution in [1.82, 2.24) is 10.6 Å². The third kappa shape index (κ3) is 7.19. The van der Waals surface area contributed by atoms with Crippen molar-refractivity contribution >= 4 is 22.7 Å². The number of fused-ring (bicyclic) bond motifs is 1. The van der Waals surface area contributed by atoms with Crippen molar-refractivity contribution in [3.63, 3.8) is 0 Å². The molecule has 0 aliphatic heterocycles. The Hall–Kier alpha value is -2.67. The van der Waals surface area contributed by atoms with Gasteiger partial charge in [-0.1, -0.05) is 20.8 Å². The number of ketones is 1. The second-order valence-corrected chi connectivity index (χ2v) is 10.2. The summed E-state index contributed by atoms with van der Waals surface area (Å²) in [6.07, 6.45) is 2.15. The molecule has 0 aliphatic carbocycles. The van der Waals surface area contributed by atoms with Crippen molar-refractivity contribution < 1.29 is 18.7 Å². The van der Waals surface area contributed by atoms with Gasteiger partial charge in [0, 0.05) is 29.0 Å². The molecule has 0 saturated carbocycles. The van der Waals surface area contributed by atoms with Crippen LogP contribution in [0.15, 0.2) is 33.5 Å². The van der Waals surface area contributed by atoms with Crippen LogP contribution in [0.1, 0.15) is 71.2 Å². The smallest absolute Gasteiger partial charge is 0.349 e. The fourth-order valence-corrected chi connectivity index (χ4v) is 3.46. The highest BCUT2D eigenvalue weighted by Gasteiger charge is 2.31. The van der Waals surface area contributed by atoms with Gasteiger partial charge in [0.2, 0.25) is 0 Å². The molecule has 1 amide bonds. The Bertz CT molecular complexity index is 1010. The molecule has 2 rings (SSSR count). The molecule has 32 heavy (non-hydrogen) atoms. The molecule has 1 aromatic heterocycles. The lowest BCUT2D eigenvalue weighted by molar-refractivity contribution is -0.129. The van der Waals surface area contributed by atoms with Crippen LogP contribution in [0.3, 0.4) is 0 Å². The van der Waals surface area contributed by atoms with Gasteiger partial charge in [0.15, 0.2) is 5.78 Å². The van der Waals surface area contributed by atoms with E-state index in [-0.39, 0.29) is 22.9 Å². The molecule has 1 heterocycles. The molecule has 2 N–H and O–H groups in total. The topological polar surface area (TPSA) is 97.6 Å². The molecule has 0 spiro atoms. The maximum absolute atomic E-state index is 12.8. The van der Waals surface area contributed by atoms with Gasteiger partial charge in [0.25, 0.3) is 5.91 Å². The maximum Gasteiger partial charge on any atom is 0.349 e. The number of carbonyl (C=O) groups excluding carboxylic acids is 2. The van der Waals surface area contributed by atoms with Gasteiger partial charge in [0.1, 0.15) is 16.9 Å². The summed E-state index contributed by atoms with van der Waals surface area (Å²) in [5.74, 6) is 0.288. The molecule has 176 valence electrons. The minimum absolute atomic E-state index is 0.0298. The first-order valence-corrected chi connectivity index (χ1v) is 11.0. The molecular formula is C25H36N2O5. The summed E-state index contributed by atoms with van der Waals surface area (Å²) in [4.78, 5) is 37.5. The quantitative estimate of drug-likeness (QED) is 0.447. The first-order chi connectivity index (χ1) is 14.8. The van der Waals surface area contributed by atoms with E-state index in [4.69, 9.17) is 9.15 Å². The summed E-state index contributed by atoms with van der Waals surface area (Å²) < 4.78 is 10.4. The predicted octanol–water partition coefficient (Wildman–Crippen LogP) is 4.07. The molecule has 0 bridgehead atoms. The van der Waals surface area contributed by atoms with Crippen molar-refractivity contribution in [2.24, 2.45) is 5.41 Å². The van der Waals surface area contributed by atoms with Gasteiger partial charge in [-0.05, 0) is 58.2 Å². The molecule has 0 fully saturated rings. The van der Waals surface area contributed by atoms with Gasteiger partial charge < -0.3 is 19.8 Å². The molecule has 7 heteroatoms. The predicted molar refractivity (Wildman–Crippen MR) is 126 cm³/mol. The number of benzene rings is 1. The highest BCUT2D eigenvalue weighted by molar-refractivity contribution is 5.96. The lowest BCUT2D eigenvalue weighted by Crippen LogP contribution is -2.50. The highest BCUT2D eigenvalue weighted by Crippen LogP contribution is 2.22. The summed E-state index contributed by atoms with van der Waals surface area (Å²) in [5.41, 5.74) is -0.947. The summed E-state index contributed by atoms with van der Waals surface area (Å²) in [6, 6.07) is 6.38. The Morgan fingerprint density at radius 2 is 1.75 bits per heavy atom. The van der Waals surface area contributed by atoms with Gasteiger partial charge in [-0.3, -0.25) is 9.59 Å². The SMILES string of the molecule is COc1ccc2cc(C(=O)NCCCCC(NC(C)(C)C)C(=O)C(C)(C)C)c(=O)oc2c1. The van der Waals surface area contributed by atoms with Crippen molar-refractivity contribution in [3.8, 4) is 5.75 Å². The zero-order valence-electron chi connectivity index (χ0n) is 20.3. The van der Waals surface area contributed by atoms with Gasteiger partial charge in [0.05, 0.1) is 13.2 Å². The second-order valence-electron chi connectivity index (χ2n) is 10.2. The molecule has 0 radical (unpaired) electrons. The Balaban J connectivity index is 1.94. The number of Topliss-reactive ketones (excluding diaryl/α,β-unsaturated/α-hetero) is 1. The third-order valence-corrected chi connectivity index (χ3v) is 5.06. The van der Waals surface area contributed by atoms with E-state index < -0.39 is 16.9 Å². The summed E-state index contributed by atoms with van der Waals surface area (Å²) in [5, 5.41) is 6.85. The standard InChI is InChI=1S/C25H36N2O5/c1-24(2,3)21(28)19(27-25(4,5)6)10-8-9-13-26-22(29)18-14-16-11-12-17(31-7)15-20(16)32-23(18)30/h11-12,14-15,19,27H,8-10,13H2,1-7H3,(H,26,29). The van der Waals surface area contributed by atoms with Crippen LogP contribution in [0.2, 0.25) is 0 Å². The number of rotatable bonds is 9. The lowest BCUT2D eigenvalue weighted by Gasteiger charge is -2.31. The van der Waals surface area contributed by atoms with Crippen LogP contribution in [-0.2, 0) is 4.79 Å². The molecular weight excluding hydrogens is 408 g/mol. The molecule has 0 saturated heterocycles. The third-order valence-electron chi connectivity index (χ3n) is 5.06. The van der Waals surface area contributed by atoms with Gasteiger partial charge in [-0.2, -0.15) is 0 Å². The Labute approximate surface area is 189 Å². The maximum atomic E-state index is 12.8. The average molecular weight is 445 g/mol. The largest absolute Gasteiger partial charge is 0.497 e. The summed E-state index contributed by atoms with van der Waals surface area (Å²) in [7, 11) is 1.53. The summed E-state index contributed by atoms with van der Waals surface area (Å²) >= 11 is 0. The molecule has 2 aromatic rings. The molecule has 1 unspecified atom stereocenters. The fourth-order valence-electron chi connectivity index (χ4n) is 3.46. The van der Waals surface area contributed by atoms with E-state index in [2.05, 4.69) is 10.6 Å². The van der Waals surface area contributed by atoms with Gasteiger partial charge in [-0.25, -0.2) is 4.79 Å². The Kier molecular flexibility index (Phi) is 8.24. The van der Waals surface area contributed by atoms with E-state index in [1.54, 1.807) is 18.2 Å². The Morgan fingerprint density at radius 1 is 1.06 bits per heavy atom. The van der Waals surface area contributed by atoms with Crippen LogP contribution < -0.4 is 21.0 Å². The zero-order valence-corrected chi connectivity index (χ0v) is 20.3. The van der Waals surface area contributed by atoms with E-state index in [0.29, 0.717) is 36.1 Å². The average Bonchev–Trinajstić information content (AvgIpc) is 2.69. The van der Waals surface area contributed by atoms with E-state index in [0.717, 1.165) is 6.42 Å². The molecule has 0 aliphatic rings. The minimum atomic E-state index is -0.687. The number of ether oxygens (including phenoxy) is 1. The van der Waals surface area contributed by atoms with E-state index >= 15 is 0 Å². The normalized spacial score (nSPS) is 13.1. The highest BCUT2D eigenvalue weighted by atomic mass is 16.5. The van der Waals surface area contributed by atoms with Crippen LogP contribution in [0.25, 0.3) is 11.0 Å². The monoisotopic (exact) mass is 444 g/mol. The zero-order chi connectivity index (χ0) is 24.1. The van der Waals surface area contributed by atoms with Crippen LogP contribution in [0, 0.1) is 5.41 Å². The van der Waals surface area contributed by atoms with Crippen molar-refractivity contribution in [2.45, 2.75) is 72.4 Å². The van der Waals surface area contributed by atoms with Gasteiger partial charge >= 0.3 is 5.63 Å². The summed E-state index contributed by atoms with van der Waals surface area (Å²) in [6.45, 7) is 12.3. The number of amides is 1. The molecule has 7 nitrogen and oxygen atoms in total. The second kappa shape index (κ2) is 10.3. The number of unbranched alkanes of at least 4 members (excludes halogenated alkanes) is 1. The number of nitrogens with one attached hydrogen (secondary N) is 2. The van der Waals surface area contributed by atoms with E-state index in [1.165, 1.54) is 13.2 Å². The lowest BCUT2D eigenvalue weighted by atomic mass is 9.84. The fraction of sp³-hybridized carbons (Fsp3) is 0.560. The number of hydrogen-bond donors (Lipinski definition) is 2. The van der Waals surface area contributed by atoms with Crippen LogP contribution in [0.4, 0.5) is 0 Å². The van der Waals surface area contributed by atoms with Crippen LogP contribution >= 0.6 is 0 Å². The first-order valence-electron chi connectivity index (χ1n) is 11.0.